The zero-order valence-corrected chi connectivity index (χ0v) is 15.1. The Morgan fingerprint density at radius 3 is 2.83 bits per heavy atom. The van der Waals surface area contributed by atoms with Gasteiger partial charge >= 0.3 is 0 Å². The monoisotopic (exact) mass is 325 g/mol. The molecule has 0 radical (unpaired) electrons. The number of nitrogens with one attached hydrogen (secondary N) is 1. The number of rotatable bonds is 6. The molecule has 128 valence electrons. The molecule has 1 aromatic carbocycles. The summed E-state index contributed by atoms with van der Waals surface area (Å²) >= 11 is 0. The van der Waals surface area contributed by atoms with E-state index in [1.54, 1.807) is 0 Å². The van der Waals surface area contributed by atoms with Gasteiger partial charge < -0.3 is 15.1 Å². The summed E-state index contributed by atoms with van der Waals surface area (Å²) in [5.74, 6) is 1.70. The molecule has 0 spiro atoms. The minimum atomic E-state index is 0.380. The predicted molar refractivity (Wildman–Crippen MR) is 100 cm³/mol. The Balaban J connectivity index is 1.79. The van der Waals surface area contributed by atoms with E-state index < -0.39 is 0 Å². The maximum atomic E-state index is 4.77. The van der Waals surface area contributed by atoms with Crippen LogP contribution in [-0.4, -0.2) is 48.1 Å². The van der Waals surface area contributed by atoms with Gasteiger partial charge in [-0.25, -0.2) is 4.98 Å². The molecule has 5 nitrogen and oxygen atoms in total. The molecule has 1 aromatic heterocycles. The van der Waals surface area contributed by atoms with Crippen molar-refractivity contribution in [3.8, 4) is 0 Å². The van der Waals surface area contributed by atoms with Crippen molar-refractivity contribution in [2.45, 2.75) is 32.7 Å². The Bertz CT molecular complexity index is 698. The lowest BCUT2D eigenvalue weighted by Crippen LogP contribution is -2.26. The highest BCUT2D eigenvalue weighted by Crippen LogP contribution is 2.36. The van der Waals surface area contributed by atoms with Crippen LogP contribution in [0, 0.1) is 6.92 Å². The fourth-order valence-corrected chi connectivity index (χ4v) is 3.23. The van der Waals surface area contributed by atoms with Crippen molar-refractivity contribution in [1.82, 2.24) is 14.9 Å². The fraction of sp³-hybridized carbons (Fsp3) is 0.474. The highest BCUT2D eigenvalue weighted by Gasteiger charge is 2.28. The predicted octanol–water partition coefficient (Wildman–Crippen LogP) is 3.23. The largest absolute Gasteiger partial charge is 0.370 e. The molecule has 0 aliphatic carbocycles. The quantitative estimate of drug-likeness (QED) is 0.826. The van der Waals surface area contributed by atoms with Gasteiger partial charge in [-0.2, -0.15) is 4.98 Å². The smallest absolute Gasteiger partial charge is 0.232 e. The summed E-state index contributed by atoms with van der Waals surface area (Å²) in [6.45, 7) is 6.25. The van der Waals surface area contributed by atoms with Crippen molar-refractivity contribution < 1.29 is 0 Å². The normalized spacial score (nSPS) is 16.5. The van der Waals surface area contributed by atoms with Crippen molar-refractivity contribution in [3.63, 3.8) is 0 Å². The molecule has 2 heterocycles. The maximum Gasteiger partial charge on any atom is 0.232 e. The minimum Gasteiger partial charge on any atom is -0.370 e. The minimum absolute atomic E-state index is 0.380. The molecule has 0 fully saturated rings. The Labute approximate surface area is 144 Å². The Hall–Kier alpha value is -2.14. The molecular formula is C19H27N5. The number of fused-ring (bicyclic) bond motifs is 1. The summed E-state index contributed by atoms with van der Waals surface area (Å²) in [6.07, 6.45) is 2.13. The third-order valence-corrected chi connectivity index (χ3v) is 4.35. The molecule has 1 unspecified atom stereocenters. The average Bonchev–Trinajstić information content (AvgIpc) is 2.86. The number of para-hydroxylation sites is 1. The second-order valence-corrected chi connectivity index (χ2v) is 6.83. The number of aryl methyl sites for hydroxylation is 1. The topological polar surface area (TPSA) is 44.3 Å². The van der Waals surface area contributed by atoms with E-state index in [9.17, 15) is 0 Å². The second kappa shape index (κ2) is 7.18. The molecule has 0 amide bonds. The van der Waals surface area contributed by atoms with Crippen molar-refractivity contribution in [3.05, 3.63) is 41.6 Å². The summed E-state index contributed by atoms with van der Waals surface area (Å²) in [7, 11) is 4.19. The van der Waals surface area contributed by atoms with Crippen LogP contribution >= 0.6 is 0 Å². The Kier molecular flexibility index (Phi) is 5.00. The number of nitrogens with zero attached hydrogens (tertiary/aromatic N) is 4. The van der Waals surface area contributed by atoms with Crippen LogP contribution in [0.15, 0.2) is 30.3 Å². The zero-order chi connectivity index (χ0) is 17.1. The molecular weight excluding hydrogens is 298 g/mol. The van der Waals surface area contributed by atoms with Crippen LogP contribution < -0.4 is 10.2 Å². The molecule has 0 saturated heterocycles. The summed E-state index contributed by atoms with van der Waals surface area (Å²) in [5, 5.41) is 3.44. The molecule has 2 aromatic rings. The Morgan fingerprint density at radius 2 is 2.04 bits per heavy atom. The Morgan fingerprint density at radius 1 is 1.25 bits per heavy atom. The zero-order valence-electron chi connectivity index (χ0n) is 15.1. The molecule has 1 aliphatic rings. The van der Waals surface area contributed by atoms with Crippen LogP contribution in [0.25, 0.3) is 0 Å². The molecule has 3 rings (SSSR count). The van der Waals surface area contributed by atoms with Gasteiger partial charge in [0.25, 0.3) is 0 Å². The van der Waals surface area contributed by atoms with Gasteiger partial charge in [0.1, 0.15) is 5.82 Å². The molecule has 5 heteroatoms. The van der Waals surface area contributed by atoms with Gasteiger partial charge in [-0.3, -0.25) is 0 Å². The fourth-order valence-electron chi connectivity index (χ4n) is 3.23. The van der Waals surface area contributed by atoms with Crippen LogP contribution in [0.2, 0.25) is 0 Å². The molecule has 24 heavy (non-hydrogen) atoms. The van der Waals surface area contributed by atoms with Gasteiger partial charge in [0, 0.05) is 30.0 Å². The standard InChI is InChI=1S/C19H27N5/c1-14-12-18(20-10-7-11-23(3)4)22-19(21-14)24-15(2)13-16-8-5-6-9-17(16)24/h5-6,8-9,12,15H,7,10-11,13H2,1-4H3,(H,20,21,22). The third-order valence-electron chi connectivity index (χ3n) is 4.35. The number of benzene rings is 1. The first kappa shape index (κ1) is 16.7. The lowest BCUT2D eigenvalue weighted by Gasteiger charge is -2.23. The van der Waals surface area contributed by atoms with Gasteiger partial charge in [-0.05, 0) is 59.0 Å². The van der Waals surface area contributed by atoms with Gasteiger partial charge in [0.15, 0.2) is 0 Å². The number of hydrogen-bond acceptors (Lipinski definition) is 5. The molecule has 1 aliphatic heterocycles. The van der Waals surface area contributed by atoms with Crippen molar-refractivity contribution in [2.75, 3.05) is 37.4 Å². The number of aromatic nitrogens is 2. The van der Waals surface area contributed by atoms with Gasteiger partial charge in [0.2, 0.25) is 5.95 Å². The van der Waals surface area contributed by atoms with Crippen molar-refractivity contribution in [1.29, 1.82) is 0 Å². The van der Waals surface area contributed by atoms with Gasteiger partial charge in [0.05, 0.1) is 0 Å². The van der Waals surface area contributed by atoms with E-state index in [-0.39, 0.29) is 0 Å². The van der Waals surface area contributed by atoms with Crippen LogP contribution in [0.1, 0.15) is 24.6 Å². The van der Waals surface area contributed by atoms with E-state index in [1.807, 2.05) is 13.0 Å². The van der Waals surface area contributed by atoms with E-state index in [4.69, 9.17) is 4.98 Å². The number of hydrogen-bond donors (Lipinski definition) is 1. The molecule has 1 N–H and O–H groups in total. The van der Waals surface area contributed by atoms with E-state index in [1.165, 1.54) is 11.3 Å². The summed E-state index contributed by atoms with van der Waals surface area (Å²) in [4.78, 5) is 13.9. The van der Waals surface area contributed by atoms with Crippen LogP contribution in [0.5, 0.6) is 0 Å². The summed E-state index contributed by atoms with van der Waals surface area (Å²) in [6, 6.07) is 10.9. The van der Waals surface area contributed by atoms with Crippen LogP contribution in [0.3, 0.4) is 0 Å². The maximum absolute atomic E-state index is 4.77. The van der Waals surface area contributed by atoms with E-state index in [2.05, 4.69) is 65.4 Å². The van der Waals surface area contributed by atoms with E-state index >= 15 is 0 Å². The summed E-state index contributed by atoms with van der Waals surface area (Å²) < 4.78 is 0. The molecule has 0 bridgehead atoms. The second-order valence-electron chi connectivity index (χ2n) is 6.83. The molecule has 1 atom stereocenters. The first-order valence-electron chi connectivity index (χ1n) is 8.66. The lowest BCUT2D eigenvalue weighted by molar-refractivity contribution is 0.405. The first-order chi connectivity index (χ1) is 11.5. The van der Waals surface area contributed by atoms with Crippen molar-refractivity contribution in [2.24, 2.45) is 0 Å². The average molecular weight is 325 g/mol. The molecule has 0 saturated carbocycles. The lowest BCUT2D eigenvalue weighted by atomic mass is 10.1. The number of anilines is 3. The third kappa shape index (κ3) is 3.67. The van der Waals surface area contributed by atoms with Crippen LogP contribution in [0.4, 0.5) is 17.5 Å². The van der Waals surface area contributed by atoms with Crippen molar-refractivity contribution >= 4 is 17.5 Å². The van der Waals surface area contributed by atoms with Crippen LogP contribution in [-0.2, 0) is 6.42 Å². The van der Waals surface area contributed by atoms with E-state index in [0.717, 1.165) is 43.4 Å². The highest BCUT2D eigenvalue weighted by atomic mass is 15.3. The van der Waals surface area contributed by atoms with E-state index in [0.29, 0.717) is 6.04 Å². The summed E-state index contributed by atoms with van der Waals surface area (Å²) in [5.41, 5.74) is 3.59. The van der Waals surface area contributed by atoms with Gasteiger partial charge in [-0.1, -0.05) is 18.2 Å². The SMILES string of the molecule is Cc1cc(NCCCN(C)C)nc(N2c3ccccc3CC2C)n1. The highest BCUT2D eigenvalue weighted by molar-refractivity contribution is 5.67. The first-order valence-corrected chi connectivity index (χ1v) is 8.66. The van der Waals surface area contributed by atoms with Gasteiger partial charge in [-0.15, -0.1) is 0 Å².